The maximum Gasteiger partial charge on any atom is 0.225 e. The fraction of sp³-hybridized carbons (Fsp3) is 0.611. The van der Waals surface area contributed by atoms with Crippen LogP contribution < -0.4 is 5.73 Å². The van der Waals surface area contributed by atoms with E-state index >= 15 is 0 Å². The molecule has 0 radical (unpaired) electrons. The zero-order chi connectivity index (χ0) is 15.7. The number of benzene rings is 1. The minimum absolute atomic E-state index is 0. The quantitative estimate of drug-likeness (QED) is 0.917. The minimum Gasteiger partial charge on any atom is -0.341 e. The van der Waals surface area contributed by atoms with Crippen LogP contribution >= 0.6 is 12.4 Å². The molecule has 0 aromatic heterocycles. The van der Waals surface area contributed by atoms with E-state index in [2.05, 4.69) is 0 Å². The monoisotopic (exact) mass is 340 g/mol. The lowest BCUT2D eigenvalue weighted by Gasteiger charge is -2.44. The lowest BCUT2D eigenvalue weighted by molar-refractivity contribution is -0.137. The number of fused-ring (bicyclic) bond motifs is 2. The zero-order valence-corrected chi connectivity index (χ0v) is 14.4. The normalized spacial score (nSPS) is 29.5. The van der Waals surface area contributed by atoms with Crippen LogP contribution in [-0.2, 0) is 11.3 Å². The first-order valence-electron chi connectivity index (χ1n) is 8.29. The third kappa shape index (κ3) is 4.04. The molecular formula is C18H26ClFN2O. The third-order valence-electron chi connectivity index (χ3n) is 5.47. The van der Waals surface area contributed by atoms with Crippen molar-refractivity contribution in [1.82, 2.24) is 4.90 Å². The Balaban J connectivity index is 0.00000192. The summed E-state index contributed by atoms with van der Waals surface area (Å²) in [4.78, 5) is 14.5. The van der Waals surface area contributed by atoms with Gasteiger partial charge in [-0.05, 0) is 55.2 Å². The number of nitrogens with zero attached hydrogens (tertiary/aromatic N) is 1. The maximum atomic E-state index is 12.9. The molecule has 1 aromatic carbocycles. The summed E-state index contributed by atoms with van der Waals surface area (Å²) in [5, 5.41) is 0. The van der Waals surface area contributed by atoms with Crippen molar-refractivity contribution in [2.75, 3.05) is 7.05 Å². The Morgan fingerprint density at radius 3 is 2.35 bits per heavy atom. The minimum atomic E-state index is -0.244. The third-order valence-corrected chi connectivity index (χ3v) is 5.47. The molecule has 1 amide bonds. The van der Waals surface area contributed by atoms with Crippen molar-refractivity contribution in [3.8, 4) is 0 Å². The molecule has 3 nitrogen and oxygen atoms in total. The van der Waals surface area contributed by atoms with Gasteiger partial charge in [0, 0.05) is 25.6 Å². The second kappa shape index (κ2) is 7.63. The topological polar surface area (TPSA) is 46.3 Å². The number of hydrogen-bond donors (Lipinski definition) is 1. The van der Waals surface area contributed by atoms with Crippen LogP contribution in [0.15, 0.2) is 24.3 Å². The van der Waals surface area contributed by atoms with Crippen LogP contribution in [0, 0.1) is 23.6 Å². The van der Waals surface area contributed by atoms with Crippen molar-refractivity contribution in [2.45, 2.75) is 44.7 Å². The number of rotatable bonds is 3. The van der Waals surface area contributed by atoms with Crippen molar-refractivity contribution in [1.29, 1.82) is 0 Å². The molecule has 2 aliphatic rings. The maximum absolute atomic E-state index is 12.9. The summed E-state index contributed by atoms with van der Waals surface area (Å²) >= 11 is 0. The van der Waals surface area contributed by atoms with E-state index in [0.29, 0.717) is 24.4 Å². The second-order valence-corrected chi connectivity index (χ2v) is 7.02. The fourth-order valence-electron chi connectivity index (χ4n) is 4.24. The smallest absolute Gasteiger partial charge is 0.225 e. The Hall–Kier alpha value is -1.13. The Labute approximate surface area is 143 Å². The largest absolute Gasteiger partial charge is 0.341 e. The van der Waals surface area contributed by atoms with Crippen molar-refractivity contribution in [3.63, 3.8) is 0 Å². The summed E-state index contributed by atoms with van der Waals surface area (Å²) in [7, 11) is 1.84. The van der Waals surface area contributed by atoms with E-state index in [4.69, 9.17) is 5.73 Å². The predicted molar refractivity (Wildman–Crippen MR) is 91.7 cm³/mol. The van der Waals surface area contributed by atoms with Crippen molar-refractivity contribution < 1.29 is 9.18 Å². The molecule has 128 valence electrons. The molecule has 2 fully saturated rings. The lowest BCUT2D eigenvalue weighted by atomic mass is 9.65. The van der Waals surface area contributed by atoms with Crippen LogP contribution in [0.4, 0.5) is 4.39 Å². The molecule has 2 saturated carbocycles. The van der Waals surface area contributed by atoms with E-state index in [1.807, 2.05) is 7.05 Å². The highest BCUT2D eigenvalue weighted by atomic mass is 35.5. The van der Waals surface area contributed by atoms with E-state index in [-0.39, 0.29) is 30.0 Å². The number of halogens is 2. The Kier molecular flexibility index (Phi) is 6.04. The van der Waals surface area contributed by atoms with Gasteiger partial charge in [-0.2, -0.15) is 0 Å². The lowest BCUT2D eigenvalue weighted by Crippen LogP contribution is -2.49. The van der Waals surface area contributed by atoms with Gasteiger partial charge in [-0.25, -0.2) is 4.39 Å². The van der Waals surface area contributed by atoms with Crippen LogP contribution in [-0.4, -0.2) is 23.9 Å². The SMILES string of the molecule is CN(Cc1ccc(F)cc1)C(=O)C1CC2CCCC(C1)C2N.Cl. The first-order chi connectivity index (χ1) is 10.5. The molecular weight excluding hydrogens is 315 g/mol. The number of amides is 1. The van der Waals surface area contributed by atoms with Crippen LogP contribution in [0.5, 0.6) is 0 Å². The highest BCUT2D eigenvalue weighted by Crippen LogP contribution is 2.42. The van der Waals surface area contributed by atoms with E-state index in [0.717, 1.165) is 18.4 Å². The molecule has 2 unspecified atom stereocenters. The molecule has 0 heterocycles. The van der Waals surface area contributed by atoms with Gasteiger partial charge in [0.25, 0.3) is 0 Å². The molecule has 0 aliphatic heterocycles. The van der Waals surface area contributed by atoms with E-state index < -0.39 is 0 Å². The first-order valence-corrected chi connectivity index (χ1v) is 8.29. The van der Waals surface area contributed by atoms with Crippen LogP contribution in [0.3, 0.4) is 0 Å². The molecule has 3 rings (SSSR count). The van der Waals surface area contributed by atoms with Gasteiger partial charge < -0.3 is 10.6 Å². The van der Waals surface area contributed by atoms with E-state index in [9.17, 15) is 9.18 Å². The van der Waals surface area contributed by atoms with Crippen molar-refractivity contribution >= 4 is 18.3 Å². The molecule has 2 N–H and O–H groups in total. The summed E-state index contributed by atoms with van der Waals surface area (Å²) < 4.78 is 12.9. The summed E-state index contributed by atoms with van der Waals surface area (Å²) in [5.74, 6) is 1.11. The van der Waals surface area contributed by atoms with Crippen LogP contribution in [0.2, 0.25) is 0 Å². The highest BCUT2D eigenvalue weighted by Gasteiger charge is 2.41. The van der Waals surface area contributed by atoms with Gasteiger partial charge in [-0.15, -0.1) is 12.4 Å². The van der Waals surface area contributed by atoms with Crippen LogP contribution in [0.25, 0.3) is 0 Å². The second-order valence-electron chi connectivity index (χ2n) is 7.02. The molecule has 5 heteroatoms. The highest BCUT2D eigenvalue weighted by molar-refractivity contribution is 5.85. The van der Waals surface area contributed by atoms with E-state index in [1.54, 1.807) is 17.0 Å². The molecule has 2 aliphatic carbocycles. The molecule has 0 spiro atoms. The zero-order valence-electron chi connectivity index (χ0n) is 13.6. The fourth-order valence-corrected chi connectivity index (χ4v) is 4.24. The molecule has 2 bridgehead atoms. The summed E-state index contributed by atoms with van der Waals surface area (Å²) in [5.41, 5.74) is 7.26. The molecule has 1 aromatic rings. The number of nitrogens with two attached hydrogens (primary N) is 1. The Bertz CT molecular complexity index is 522. The van der Waals surface area contributed by atoms with Crippen LogP contribution in [0.1, 0.15) is 37.7 Å². The number of carbonyl (C=O) groups is 1. The standard InChI is InChI=1S/C18H25FN2O.ClH/c1-21(11-12-5-7-16(19)8-6-12)18(22)15-9-13-3-2-4-14(10-15)17(13)20;/h5-8,13-15,17H,2-4,9-11,20H2,1H3;1H. The van der Waals surface area contributed by atoms with Gasteiger partial charge in [-0.1, -0.05) is 18.6 Å². The average Bonchev–Trinajstić information content (AvgIpc) is 2.48. The van der Waals surface area contributed by atoms with Gasteiger partial charge in [0.1, 0.15) is 5.82 Å². The summed E-state index contributed by atoms with van der Waals surface area (Å²) in [6.07, 6.45) is 5.47. The first kappa shape index (κ1) is 18.2. The predicted octanol–water partition coefficient (Wildman–Crippen LogP) is 3.36. The van der Waals surface area contributed by atoms with Gasteiger partial charge in [0.2, 0.25) is 5.91 Å². The van der Waals surface area contributed by atoms with Crippen molar-refractivity contribution in [2.24, 2.45) is 23.5 Å². The summed E-state index contributed by atoms with van der Waals surface area (Å²) in [6.45, 7) is 0.539. The van der Waals surface area contributed by atoms with Gasteiger partial charge in [-0.3, -0.25) is 4.79 Å². The van der Waals surface area contributed by atoms with Gasteiger partial charge in [0.15, 0.2) is 0 Å². The molecule has 23 heavy (non-hydrogen) atoms. The molecule has 0 saturated heterocycles. The number of carbonyl (C=O) groups excluding carboxylic acids is 1. The average molecular weight is 341 g/mol. The number of hydrogen-bond acceptors (Lipinski definition) is 2. The Morgan fingerprint density at radius 2 is 1.78 bits per heavy atom. The van der Waals surface area contributed by atoms with E-state index in [1.165, 1.54) is 31.4 Å². The summed E-state index contributed by atoms with van der Waals surface area (Å²) in [6, 6.07) is 6.66. The van der Waals surface area contributed by atoms with Gasteiger partial charge in [0.05, 0.1) is 0 Å². The molecule has 2 atom stereocenters. The van der Waals surface area contributed by atoms with Crippen molar-refractivity contribution in [3.05, 3.63) is 35.6 Å². The Morgan fingerprint density at radius 1 is 1.22 bits per heavy atom. The van der Waals surface area contributed by atoms with Gasteiger partial charge >= 0.3 is 0 Å².